The Bertz CT molecular complexity index is 965. The van der Waals surface area contributed by atoms with E-state index in [0.717, 1.165) is 21.7 Å². The Labute approximate surface area is 167 Å². The number of rotatable bonds is 4. The maximum Gasteiger partial charge on any atom is 0.285 e. The maximum atomic E-state index is 12.7. The second-order valence-corrected chi connectivity index (χ2v) is 7.75. The van der Waals surface area contributed by atoms with Crippen LogP contribution in [0.1, 0.15) is 28.4 Å². The molecule has 2 aromatic carbocycles. The van der Waals surface area contributed by atoms with Crippen molar-refractivity contribution in [3.05, 3.63) is 87.8 Å². The Hall–Kier alpha value is -2.70. The van der Waals surface area contributed by atoms with Gasteiger partial charge in [0.1, 0.15) is 0 Å². The third-order valence-corrected chi connectivity index (χ3v) is 5.25. The zero-order valence-electron chi connectivity index (χ0n) is 14.9. The monoisotopic (exact) mass is 394 g/mol. The quantitative estimate of drug-likeness (QED) is 0.613. The summed E-state index contributed by atoms with van der Waals surface area (Å²) >= 11 is 6.45. The van der Waals surface area contributed by atoms with Crippen LogP contribution < -0.4 is 5.43 Å². The summed E-state index contributed by atoms with van der Waals surface area (Å²) in [6.07, 6.45) is 3.77. The highest BCUT2D eigenvalue weighted by Gasteiger charge is 2.33. The first kappa shape index (κ1) is 19.1. The molecule has 2 aromatic rings. The van der Waals surface area contributed by atoms with E-state index in [0.29, 0.717) is 14.8 Å². The molecule has 0 spiro atoms. The summed E-state index contributed by atoms with van der Waals surface area (Å²) in [5.74, 6) is -0.685. The summed E-state index contributed by atoms with van der Waals surface area (Å²) in [6.45, 7) is 3.77. The molecule has 136 valence electrons. The van der Waals surface area contributed by atoms with Gasteiger partial charge in [-0.3, -0.25) is 15.0 Å². The van der Waals surface area contributed by atoms with E-state index in [1.807, 2.05) is 62.4 Å². The van der Waals surface area contributed by atoms with Gasteiger partial charge in [-0.15, -0.1) is 0 Å². The predicted molar refractivity (Wildman–Crippen MR) is 114 cm³/mol. The number of hydrazine groups is 1. The highest BCUT2D eigenvalue weighted by atomic mass is 32.2. The van der Waals surface area contributed by atoms with E-state index in [2.05, 4.69) is 5.43 Å². The summed E-state index contributed by atoms with van der Waals surface area (Å²) in [5, 5.41) is 1.14. The average molecular weight is 395 g/mol. The van der Waals surface area contributed by atoms with Gasteiger partial charge in [-0.1, -0.05) is 66.4 Å². The molecule has 0 atom stereocenters. The maximum absolute atomic E-state index is 12.7. The lowest BCUT2D eigenvalue weighted by atomic mass is 10.1. The zero-order valence-corrected chi connectivity index (χ0v) is 16.6. The molecular weight excluding hydrogens is 376 g/mol. The van der Waals surface area contributed by atoms with Gasteiger partial charge in [0.05, 0.1) is 4.91 Å². The molecule has 0 aliphatic carbocycles. The van der Waals surface area contributed by atoms with Gasteiger partial charge < -0.3 is 0 Å². The molecule has 6 heteroatoms. The number of allylic oxidation sites excluding steroid dienone is 2. The van der Waals surface area contributed by atoms with Crippen LogP contribution in [0.25, 0.3) is 6.08 Å². The van der Waals surface area contributed by atoms with Crippen LogP contribution in [0.5, 0.6) is 0 Å². The fraction of sp³-hybridized carbons (Fsp3) is 0.0952. The molecular formula is C21H18N2O2S2. The topological polar surface area (TPSA) is 49.4 Å². The van der Waals surface area contributed by atoms with Crippen molar-refractivity contribution >= 4 is 46.2 Å². The van der Waals surface area contributed by atoms with E-state index in [1.165, 1.54) is 11.8 Å². The summed E-state index contributed by atoms with van der Waals surface area (Å²) in [4.78, 5) is 25.6. The summed E-state index contributed by atoms with van der Waals surface area (Å²) in [7, 11) is 0. The van der Waals surface area contributed by atoms with Gasteiger partial charge in [-0.05, 0) is 54.9 Å². The number of thiocarbonyl (C=S) groups is 1. The molecule has 0 radical (unpaired) electrons. The largest absolute Gasteiger partial charge is 0.285 e. The number of benzene rings is 2. The van der Waals surface area contributed by atoms with E-state index in [-0.39, 0.29) is 11.8 Å². The fourth-order valence-electron chi connectivity index (χ4n) is 2.61. The lowest BCUT2D eigenvalue weighted by molar-refractivity contribution is -0.123. The molecule has 0 aromatic heterocycles. The van der Waals surface area contributed by atoms with E-state index >= 15 is 0 Å². The van der Waals surface area contributed by atoms with Crippen LogP contribution in [0.2, 0.25) is 0 Å². The van der Waals surface area contributed by atoms with Gasteiger partial charge in [0.2, 0.25) is 0 Å². The number of nitrogens with zero attached hydrogens (tertiary/aromatic N) is 1. The van der Waals surface area contributed by atoms with Crippen molar-refractivity contribution < 1.29 is 9.59 Å². The van der Waals surface area contributed by atoms with Gasteiger partial charge in [0.25, 0.3) is 11.8 Å². The molecule has 0 unspecified atom stereocenters. The van der Waals surface area contributed by atoms with Crippen molar-refractivity contribution in [3.63, 3.8) is 0 Å². The number of aryl methyl sites for hydroxylation is 1. The number of thioether (sulfide) groups is 1. The molecule has 1 N–H and O–H groups in total. The zero-order chi connectivity index (χ0) is 19.4. The molecule has 0 saturated carbocycles. The highest BCUT2D eigenvalue weighted by Crippen LogP contribution is 2.31. The third-order valence-electron chi connectivity index (χ3n) is 3.95. The van der Waals surface area contributed by atoms with Gasteiger partial charge in [0.15, 0.2) is 4.32 Å². The van der Waals surface area contributed by atoms with Crippen LogP contribution in [0.15, 0.2) is 71.2 Å². The number of amides is 2. The summed E-state index contributed by atoms with van der Waals surface area (Å²) in [5.41, 5.74) is 5.93. The molecule has 0 bridgehead atoms. The van der Waals surface area contributed by atoms with Crippen LogP contribution in [0, 0.1) is 6.92 Å². The highest BCUT2D eigenvalue weighted by molar-refractivity contribution is 8.26. The smallest absolute Gasteiger partial charge is 0.267 e. The van der Waals surface area contributed by atoms with Gasteiger partial charge >= 0.3 is 0 Å². The Morgan fingerprint density at radius 2 is 1.78 bits per heavy atom. The van der Waals surface area contributed by atoms with E-state index in [4.69, 9.17) is 12.2 Å². The van der Waals surface area contributed by atoms with E-state index < -0.39 is 0 Å². The molecule has 1 aliphatic rings. The Kier molecular flexibility index (Phi) is 5.88. The fourth-order valence-corrected chi connectivity index (χ4v) is 3.84. The third kappa shape index (κ3) is 4.53. The molecule has 1 aliphatic heterocycles. The van der Waals surface area contributed by atoms with Gasteiger partial charge in [0, 0.05) is 5.56 Å². The Morgan fingerprint density at radius 3 is 2.48 bits per heavy atom. The minimum Gasteiger partial charge on any atom is -0.267 e. The number of carbonyl (C=O) groups is 2. The van der Waals surface area contributed by atoms with E-state index in [1.54, 1.807) is 18.2 Å². The molecule has 1 heterocycles. The SMILES string of the molecule is CC(=C\c1ccccc1)/C=C1/SC(=S)N(NC(=O)c2ccccc2C)C1=O. The molecule has 3 rings (SSSR count). The van der Waals surface area contributed by atoms with Crippen LogP contribution in [-0.4, -0.2) is 21.1 Å². The van der Waals surface area contributed by atoms with Crippen molar-refractivity contribution in [1.29, 1.82) is 0 Å². The molecule has 1 saturated heterocycles. The van der Waals surface area contributed by atoms with Gasteiger partial charge in [-0.2, -0.15) is 5.01 Å². The van der Waals surface area contributed by atoms with Gasteiger partial charge in [-0.25, -0.2) is 0 Å². The first-order valence-corrected chi connectivity index (χ1v) is 9.56. The second-order valence-electron chi connectivity index (χ2n) is 6.07. The first-order valence-electron chi connectivity index (χ1n) is 8.33. The lowest BCUT2D eigenvalue weighted by Gasteiger charge is -2.16. The standard InChI is InChI=1S/C21H18N2O2S2/c1-14(12-16-9-4-3-5-10-16)13-18-20(25)23(21(26)27-18)22-19(24)17-11-7-6-8-15(17)2/h3-13H,1-2H3,(H,22,24)/b14-12+,18-13+. The number of hydrogen-bond acceptors (Lipinski definition) is 4. The second kappa shape index (κ2) is 8.33. The first-order chi connectivity index (χ1) is 13.0. The number of carbonyl (C=O) groups excluding carboxylic acids is 2. The molecule has 4 nitrogen and oxygen atoms in total. The Balaban J connectivity index is 1.76. The van der Waals surface area contributed by atoms with Crippen molar-refractivity contribution in [2.45, 2.75) is 13.8 Å². The van der Waals surface area contributed by atoms with Crippen molar-refractivity contribution in [3.8, 4) is 0 Å². The molecule has 1 fully saturated rings. The number of hydrogen-bond donors (Lipinski definition) is 1. The van der Waals surface area contributed by atoms with Crippen molar-refractivity contribution in [2.24, 2.45) is 0 Å². The summed E-state index contributed by atoms with van der Waals surface area (Å²) < 4.78 is 0.306. The Morgan fingerprint density at radius 1 is 1.11 bits per heavy atom. The van der Waals surface area contributed by atoms with Crippen LogP contribution in [0.3, 0.4) is 0 Å². The number of nitrogens with one attached hydrogen (secondary N) is 1. The van der Waals surface area contributed by atoms with Crippen LogP contribution >= 0.6 is 24.0 Å². The van der Waals surface area contributed by atoms with Crippen molar-refractivity contribution in [2.75, 3.05) is 0 Å². The molecule has 2 amide bonds. The van der Waals surface area contributed by atoms with Crippen molar-refractivity contribution in [1.82, 2.24) is 10.4 Å². The van der Waals surface area contributed by atoms with E-state index in [9.17, 15) is 9.59 Å². The normalized spacial score (nSPS) is 16.1. The minimum absolute atomic E-state index is 0.306. The van der Waals surface area contributed by atoms with Crippen LogP contribution in [-0.2, 0) is 4.79 Å². The average Bonchev–Trinajstić information content (AvgIpc) is 2.90. The molecule has 27 heavy (non-hydrogen) atoms. The van der Waals surface area contributed by atoms with Crippen LogP contribution in [0.4, 0.5) is 0 Å². The lowest BCUT2D eigenvalue weighted by Crippen LogP contribution is -2.45. The minimum atomic E-state index is -0.359. The predicted octanol–water partition coefficient (Wildman–Crippen LogP) is 4.49. The summed E-state index contributed by atoms with van der Waals surface area (Å²) in [6, 6.07) is 17.0.